The highest BCUT2D eigenvalue weighted by Crippen LogP contribution is 2.70. The Morgan fingerprint density at radius 1 is 1.09 bits per heavy atom. The maximum absolute atomic E-state index is 14.1. The summed E-state index contributed by atoms with van der Waals surface area (Å²) in [6, 6.07) is 1.64. The Bertz CT molecular complexity index is 1760. The Labute approximate surface area is 331 Å². The molecule has 0 amide bonds. The van der Waals surface area contributed by atoms with Gasteiger partial charge in [0, 0.05) is 35.7 Å². The third-order valence-corrected chi connectivity index (χ3v) is 13.6. The van der Waals surface area contributed by atoms with Crippen LogP contribution < -0.4 is 0 Å². The van der Waals surface area contributed by atoms with Crippen molar-refractivity contribution >= 4 is 30.3 Å². The molecule has 57 heavy (non-hydrogen) atoms. The fourth-order valence-corrected chi connectivity index (χ4v) is 10.1. The summed E-state index contributed by atoms with van der Waals surface area (Å²) in [4.78, 5) is 66.8. The Kier molecular flexibility index (Phi) is 12.3. The molecule has 0 aromatic carbocycles. The highest BCUT2D eigenvalue weighted by atomic mass is 16.9. The standard InChI is InChI=1S/C41H56O16/c1-11-21(3)32(45)36(47)56-34-33(52-20-42)31(38(8)27(16-30(44)50-10)37(7)19-53-40(48,57-37)17-29(38)54-24(6)43)23(5)41(49)28(55-35(46)22(4)12-2)15-26(39(34,41)9)25-13-14-51-18-25/h12-14,18,20-21,26-29,31-34,45,48-49H,5,11,15-17,19H2,1-4,6-10H3/b22-12+/t21-,26-,27+,28+,29?,31-,32-,33-,34+,37-,38-,39-,40+,41-/m1/s1. The third kappa shape index (κ3) is 7.10. The van der Waals surface area contributed by atoms with E-state index in [1.54, 1.807) is 47.6 Å². The normalized spacial score (nSPS) is 39.9. The van der Waals surface area contributed by atoms with Crippen LogP contribution in [0.3, 0.4) is 0 Å². The molecule has 2 aliphatic heterocycles. The molecule has 4 aliphatic rings. The summed E-state index contributed by atoms with van der Waals surface area (Å²) >= 11 is 0. The monoisotopic (exact) mass is 804 g/mol. The van der Waals surface area contributed by atoms with Crippen molar-refractivity contribution in [3.8, 4) is 0 Å². The first kappa shape index (κ1) is 44.0. The first-order valence-electron chi connectivity index (χ1n) is 19.2. The molecule has 1 aromatic heterocycles. The minimum absolute atomic E-state index is 0.0825. The van der Waals surface area contributed by atoms with E-state index in [1.165, 1.54) is 32.6 Å². The van der Waals surface area contributed by atoms with Crippen LogP contribution in [0.1, 0.15) is 92.6 Å². The molecule has 2 saturated carbocycles. The van der Waals surface area contributed by atoms with Gasteiger partial charge in [0.15, 0.2) is 6.10 Å². The molecule has 16 nitrogen and oxygen atoms in total. The quantitative estimate of drug-likeness (QED) is 0.0854. The maximum Gasteiger partial charge on any atom is 0.335 e. The highest BCUT2D eigenvalue weighted by Gasteiger charge is 2.79. The molecule has 14 atom stereocenters. The average molecular weight is 805 g/mol. The van der Waals surface area contributed by atoms with Gasteiger partial charge < -0.3 is 52.9 Å². The summed E-state index contributed by atoms with van der Waals surface area (Å²) in [5.41, 5.74) is -6.76. The molecule has 316 valence electrons. The van der Waals surface area contributed by atoms with Gasteiger partial charge in [-0.15, -0.1) is 0 Å². The van der Waals surface area contributed by atoms with Gasteiger partial charge in [-0.1, -0.05) is 46.8 Å². The molecule has 16 heteroatoms. The summed E-state index contributed by atoms with van der Waals surface area (Å²) in [7, 11) is 1.18. The summed E-state index contributed by atoms with van der Waals surface area (Å²) in [5.74, 6) is -9.75. The lowest BCUT2D eigenvalue weighted by molar-refractivity contribution is -0.328. The van der Waals surface area contributed by atoms with Gasteiger partial charge in [-0.3, -0.25) is 14.4 Å². The Morgan fingerprint density at radius 3 is 2.33 bits per heavy atom. The van der Waals surface area contributed by atoms with Crippen molar-refractivity contribution in [2.24, 2.45) is 28.6 Å². The van der Waals surface area contributed by atoms with E-state index in [0.29, 0.717) is 12.0 Å². The Hall–Kier alpha value is -4.09. The zero-order valence-corrected chi connectivity index (χ0v) is 34.0. The van der Waals surface area contributed by atoms with Crippen molar-refractivity contribution in [3.05, 3.63) is 48.0 Å². The summed E-state index contributed by atoms with van der Waals surface area (Å²) in [6.45, 7) is 16.9. The zero-order chi connectivity index (χ0) is 42.5. The van der Waals surface area contributed by atoms with Crippen molar-refractivity contribution in [2.45, 2.75) is 135 Å². The van der Waals surface area contributed by atoms with Gasteiger partial charge in [0.1, 0.15) is 30.0 Å². The minimum atomic E-state index is -2.36. The second-order valence-electron chi connectivity index (χ2n) is 16.6. The molecule has 3 heterocycles. The number of carbonyl (C=O) groups excluding carboxylic acids is 5. The molecular weight excluding hydrogens is 748 g/mol. The predicted octanol–water partition coefficient (Wildman–Crippen LogP) is 3.40. The van der Waals surface area contributed by atoms with Crippen LogP contribution >= 0.6 is 0 Å². The highest BCUT2D eigenvalue weighted by molar-refractivity contribution is 5.88. The molecule has 5 rings (SSSR count). The molecule has 0 radical (unpaired) electrons. The number of carbonyl (C=O) groups is 5. The van der Waals surface area contributed by atoms with Crippen LogP contribution in [-0.2, 0) is 57.1 Å². The molecule has 1 aromatic rings. The average Bonchev–Trinajstić information content (AvgIpc) is 3.86. The molecule has 3 N–H and O–H groups in total. The van der Waals surface area contributed by atoms with E-state index in [0.717, 1.165) is 6.92 Å². The predicted molar refractivity (Wildman–Crippen MR) is 196 cm³/mol. The number of methoxy groups -OCH3 is 1. The van der Waals surface area contributed by atoms with Crippen LogP contribution in [0.25, 0.3) is 0 Å². The van der Waals surface area contributed by atoms with Crippen molar-refractivity contribution in [2.75, 3.05) is 13.7 Å². The van der Waals surface area contributed by atoms with E-state index < -0.39 is 119 Å². The van der Waals surface area contributed by atoms with E-state index >= 15 is 0 Å². The second-order valence-corrected chi connectivity index (χ2v) is 16.6. The topological polar surface area (TPSA) is 224 Å². The van der Waals surface area contributed by atoms with E-state index in [4.69, 9.17) is 37.6 Å². The van der Waals surface area contributed by atoms with Crippen LogP contribution in [0.4, 0.5) is 0 Å². The number of ether oxygens (including phenoxy) is 7. The summed E-state index contributed by atoms with van der Waals surface area (Å²) in [5, 5.41) is 36.6. The lowest BCUT2D eigenvalue weighted by Gasteiger charge is -2.62. The second kappa shape index (κ2) is 15.9. The smallest absolute Gasteiger partial charge is 0.335 e. The van der Waals surface area contributed by atoms with E-state index in [9.17, 15) is 39.3 Å². The van der Waals surface area contributed by atoms with Crippen LogP contribution in [0, 0.1) is 28.6 Å². The lowest BCUT2D eigenvalue weighted by atomic mass is 9.46. The van der Waals surface area contributed by atoms with E-state index in [-0.39, 0.29) is 30.6 Å². The molecular formula is C41H56O16. The SMILES string of the molecule is C=C1[C@@H]([C@@]2(C)C(OC(C)=O)C[C@]3(O)OC[C@@](C)(O3)[C@@H]2CC(=O)OC)[C@@H](OC=O)[C@H](OC(=O)[C@H](O)[C@H](C)CC)[C@@]2(C)[C@@H](c3ccoc3)C[C@H](OC(=O)/C(C)=C/C)[C@]12O. The maximum atomic E-state index is 14.1. The van der Waals surface area contributed by atoms with Crippen LogP contribution in [0.15, 0.2) is 46.8 Å². The van der Waals surface area contributed by atoms with Crippen LogP contribution in [-0.4, -0.2) is 107 Å². The fraction of sp³-hybridized carbons (Fsp3) is 0.683. The van der Waals surface area contributed by atoms with Gasteiger partial charge in [0.05, 0.1) is 50.1 Å². The number of furan rings is 1. The zero-order valence-electron chi connectivity index (χ0n) is 34.0. The molecule has 2 saturated heterocycles. The number of aliphatic hydroxyl groups is 3. The largest absolute Gasteiger partial charge is 0.472 e. The molecule has 0 spiro atoms. The number of allylic oxidation sites excluding steroid dienone is 1. The number of fused-ring (bicyclic) bond motifs is 3. The van der Waals surface area contributed by atoms with Gasteiger partial charge >= 0.3 is 23.9 Å². The number of rotatable bonds is 13. The van der Waals surface area contributed by atoms with Gasteiger partial charge in [0.25, 0.3) is 12.4 Å². The number of aliphatic hydroxyl groups excluding tert-OH is 1. The minimum Gasteiger partial charge on any atom is -0.472 e. The van der Waals surface area contributed by atoms with Gasteiger partial charge in [0.2, 0.25) is 0 Å². The van der Waals surface area contributed by atoms with Gasteiger partial charge in [-0.2, -0.15) is 0 Å². The first-order chi connectivity index (χ1) is 26.6. The number of hydrogen-bond donors (Lipinski definition) is 3. The summed E-state index contributed by atoms with van der Waals surface area (Å²) < 4.78 is 46.9. The number of esters is 4. The van der Waals surface area contributed by atoms with Crippen molar-refractivity contribution < 1.29 is 76.9 Å². The fourth-order valence-electron chi connectivity index (χ4n) is 10.1. The molecule has 2 aliphatic carbocycles. The van der Waals surface area contributed by atoms with Crippen molar-refractivity contribution in [3.63, 3.8) is 0 Å². The van der Waals surface area contributed by atoms with Gasteiger partial charge in [-0.05, 0) is 50.3 Å². The first-order valence-corrected chi connectivity index (χ1v) is 19.2. The van der Waals surface area contributed by atoms with Crippen LogP contribution in [0.2, 0.25) is 0 Å². The van der Waals surface area contributed by atoms with Crippen LogP contribution in [0.5, 0.6) is 0 Å². The Balaban J connectivity index is 1.88. The third-order valence-electron chi connectivity index (χ3n) is 13.6. The summed E-state index contributed by atoms with van der Waals surface area (Å²) in [6.07, 6.45) is -4.07. The van der Waals surface area contributed by atoms with E-state index in [2.05, 4.69) is 6.58 Å². The van der Waals surface area contributed by atoms with Crippen molar-refractivity contribution in [1.29, 1.82) is 0 Å². The molecule has 1 unspecified atom stereocenters. The molecule has 2 bridgehead atoms. The molecule has 4 fully saturated rings. The number of hydrogen-bond acceptors (Lipinski definition) is 16. The lowest BCUT2D eigenvalue weighted by Crippen LogP contribution is -2.72. The van der Waals surface area contributed by atoms with Gasteiger partial charge in [-0.25, -0.2) is 9.59 Å². The van der Waals surface area contributed by atoms with Crippen molar-refractivity contribution in [1.82, 2.24) is 0 Å². The van der Waals surface area contributed by atoms with E-state index in [1.807, 2.05) is 0 Å². The Morgan fingerprint density at radius 2 is 1.77 bits per heavy atom.